The second-order valence-electron chi connectivity index (χ2n) is 8.18. The zero-order valence-corrected chi connectivity index (χ0v) is 15.5. The third-order valence-corrected chi connectivity index (χ3v) is 6.76. The van der Waals surface area contributed by atoms with E-state index in [0.29, 0.717) is 10.0 Å². The van der Waals surface area contributed by atoms with E-state index >= 15 is 0 Å². The van der Waals surface area contributed by atoms with Gasteiger partial charge in [-0.2, -0.15) is 0 Å². The van der Waals surface area contributed by atoms with Crippen molar-refractivity contribution in [3.05, 3.63) is 33.8 Å². The standard InChI is InChI=1S/C19H24Cl2N2O/c1-11(16-3-2-15(20)7-17(16)21)22-18(24)23-19-8-12-4-13(9-19)6-14(5-12)10-19/h2-3,7,11-14H,4-6,8-10H2,1H3,(H2,22,23,24)/t11-,12?,13?,14?,19?/m0/s1. The molecule has 4 saturated carbocycles. The van der Waals surface area contributed by atoms with E-state index < -0.39 is 0 Å². The second-order valence-corrected chi connectivity index (χ2v) is 9.03. The van der Waals surface area contributed by atoms with Crippen molar-refractivity contribution in [2.75, 3.05) is 0 Å². The summed E-state index contributed by atoms with van der Waals surface area (Å²) < 4.78 is 0. The number of carbonyl (C=O) groups is 1. The van der Waals surface area contributed by atoms with Gasteiger partial charge >= 0.3 is 6.03 Å². The quantitative estimate of drug-likeness (QED) is 0.746. The summed E-state index contributed by atoms with van der Waals surface area (Å²) in [7, 11) is 0. The predicted octanol–water partition coefficient (Wildman–Crippen LogP) is 5.32. The van der Waals surface area contributed by atoms with Crippen LogP contribution >= 0.6 is 23.2 Å². The molecule has 0 aromatic heterocycles. The Hall–Kier alpha value is -0.930. The number of benzene rings is 1. The van der Waals surface area contributed by atoms with Crippen LogP contribution in [0.25, 0.3) is 0 Å². The number of hydrogen-bond donors (Lipinski definition) is 2. The van der Waals surface area contributed by atoms with Crippen molar-refractivity contribution >= 4 is 29.2 Å². The average molecular weight is 367 g/mol. The third kappa shape index (κ3) is 3.13. The van der Waals surface area contributed by atoms with Gasteiger partial charge < -0.3 is 10.6 Å². The molecule has 1 atom stereocenters. The maximum Gasteiger partial charge on any atom is 0.315 e. The van der Waals surface area contributed by atoms with Crippen LogP contribution < -0.4 is 10.6 Å². The maximum absolute atomic E-state index is 12.6. The molecule has 4 fully saturated rings. The van der Waals surface area contributed by atoms with Crippen molar-refractivity contribution in [2.45, 2.75) is 57.0 Å². The molecule has 24 heavy (non-hydrogen) atoms. The SMILES string of the molecule is C[C@H](NC(=O)NC12CC3CC(CC(C3)C1)C2)c1ccc(Cl)cc1Cl. The van der Waals surface area contributed by atoms with Gasteiger partial charge in [-0.3, -0.25) is 0 Å². The summed E-state index contributed by atoms with van der Waals surface area (Å²) in [5.74, 6) is 2.46. The van der Waals surface area contributed by atoms with Gasteiger partial charge in [0.15, 0.2) is 0 Å². The Kier molecular flexibility index (Phi) is 4.20. The second kappa shape index (κ2) is 6.10. The van der Waals surface area contributed by atoms with Crippen LogP contribution in [0.5, 0.6) is 0 Å². The Morgan fingerprint density at radius 1 is 1.12 bits per heavy atom. The van der Waals surface area contributed by atoms with Crippen molar-refractivity contribution in [3.8, 4) is 0 Å². The fourth-order valence-electron chi connectivity index (χ4n) is 5.67. The van der Waals surface area contributed by atoms with Crippen LogP contribution in [0.4, 0.5) is 4.79 Å². The van der Waals surface area contributed by atoms with Gasteiger partial charge in [0.2, 0.25) is 0 Å². The number of carbonyl (C=O) groups excluding carboxylic acids is 1. The molecule has 0 aliphatic heterocycles. The van der Waals surface area contributed by atoms with Crippen LogP contribution in [0.1, 0.15) is 57.1 Å². The van der Waals surface area contributed by atoms with Gasteiger partial charge in [0.1, 0.15) is 0 Å². The predicted molar refractivity (Wildman–Crippen MR) is 97.4 cm³/mol. The first kappa shape index (κ1) is 16.5. The number of hydrogen-bond acceptors (Lipinski definition) is 1. The van der Waals surface area contributed by atoms with Gasteiger partial charge in [-0.15, -0.1) is 0 Å². The fraction of sp³-hybridized carbons (Fsp3) is 0.632. The molecule has 5 rings (SSSR count). The lowest BCUT2D eigenvalue weighted by molar-refractivity contribution is -0.0136. The van der Waals surface area contributed by atoms with Crippen LogP contribution in [-0.4, -0.2) is 11.6 Å². The number of urea groups is 1. The summed E-state index contributed by atoms with van der Waals surface area (Å²) in [6.45, 7) is 1.95. The Morgan fingerprint density at radius 2 is 1.71 bits per heavy atom. The van der Waals surface area contributed by atoms with E-state index in [0.717, 1.165) is 42.6 Å². The minimum atomic E-state index is -0.149. The molecule has 5 heteroatoms. The van der Waals surface area contributed by atoms with Crippen LogP contribution in [0, 0.1) is 17.8 Å². The molecular formula is C19H24Cl2N2O. The molecule has 2 amide bonds. The smallest absolute Gasteiger partial charge is 0.315 e. The average Bonchev–Trinajstić information content (AvgIpc) is 2.44. The van der Waals surface area contributed by atoms with Gasteiger partial charge in [0.05, 0.1) is 6.04 Å². The fourth-order valence-corrected chi connectivity index (χ4v) is 6.24. The largest absolute Gasteiger partial charge is 0.333 e. The topological polar surface area (TPSA) is 41.1 Å². The maximum atomic E-state index is 12.6. The van der Waals surface area contributed by atoms with E-state index in [9.17, 15) is 4.79 Å². The number of rotatable bonds is 3. The van der Waals surface area contributed by atoms with E-state index in [4.69, 9.17) is 23.2 Å². The van der Waals surface area contributed by atoms with E-state index in [1.807, 2.05) is 13.0 Å². The first-order chi connectivity index (χ1) is 11.4. The number of nitrogens with one attached hydrogen (secondary N) is 2. The first-order valence-corrected chi connectivity index (χ1v) is 9.72. The molecule has 0 unspecified atom stereocenters. The minimum Gasteiger partial charge on any atom is -0.333 e. The Bertz CT molecular complexity index is 625. The zero-order chi connectivity index (χ0) is 16.9. The Labute approximate surface area is 153 Å². The highest BCUT2D eigenvalue weighted by Gasteiger charge is 2.51. The molecule has 2 N–H and O–H groups in total. The molecule has 0 spiro atoms. The summed E-state index contributed by atoms with van der Waals surface area (Å²) in [6.07, 6.45) is 7.59. The molecule has 4 aliphatic carbocycles. The molecule has 0 radical (unpaired) electrons. The molecule has 0 saturated heterocycles. The van der Waals surface area contributed by atoms with Crippen LogP contribution in [0.3, 0.4) is 0 Å². The van der Waals surface area contributed by atoms with E-state index in [1.54, 1.807) is 12.1 Å². The van der Waals surface area contributed by atoms with Crippen LogP contribution in [0.2, 0.25) is 10.0 Å². The molecule has 130 valence electrons. The molecule has 0 heterocycles. The summed E-state index contributed by atoms with van der Waals surface area (Å²) in [4.78, 5) is 12.6. The lowest BCUT2D eigenvalue weighted by atomic mass is 9.53. The molecular weight excluding hydrogens is 343 g/mol. The van der Waals surface area contributed by atoms with Crippen molar-refractivity contribution < 1.29 is 4.79 Å². The number of halogens is 2. The molecule has 4 aliphatic rings. The van der Waals surface area contributed by atoms with Crippen molar-refractivity contribution in [2.24, 2.45) is 17.8 Å². The molecule has 3 nitrogen and oxygen atoms in total. The van der Waals surface area contributed by atoms with E-state index in [-0.39, 0.29) is 17.6 Å². The minimum absolute atomic E-state index is 0.0301. The van der Waals surface area contributed by atoms with E-state index in [2.05, 4.69) is 10.6 Å². The lowest BCUT2D eigenvalue weighted by Crippen LogP contribution is -2.61. The van der Waals surface area contributed by atoms with Crippen molar-refractivity contribution in [3.63, 3.8) is 0 Å². The van der Waals surface area contributed by atoms with Crippen LogP contribution in [0.15, 0.2) is 18.2 Å². The Balaban J connectivity index is 1.41. The highest BCUT2D eigenvalue weighted by Crippen LogP contribution is 2.55. The lowest BCUT2D eigenvalue weighted by Gasteiger charge is -2.56. The van der Waals surface area contributed by atoms with Gasteiger partial charge in [0, 0.05) is 15.6 Å². The summed E-state index contributed by atoms with van der Waals surface area (Å²) in [5.41, 5.74) is 0.921. The highest BCUT2D eigenvalue weighted by atomic mass is 35.5. The normalized spacial score (nSPS) is 34.9. The molecule has 4 bridgehead atoms. The van der Waals surface area contributed by atoms with Crippen LogP contribution in [-0.2, 0) is 0 Å². The number of amides is 2. The van der Waals surface area contributed by atoms with Crippen molar-refractivity contribution in [1.82, 2.24) is 10.6 Å². The summed E-state index contributed by atoms with van der Waals surface area (Å²) in [6, 6.07) is 5.17. The molecule has 1 aromatic rings. The first-order valence-electron chi connectivity index (χ1n) is 8.96. The summed E-state index contributed by atoms with van der Waals surface area (Å²) >= 11 is 12.2. The van der Waals surface area contributed by atoms with Gasteiger partial charge in [-0.25, -0.2) is 4.79 Å². The van der Waals surface area contributed by atoms with Crippen molar-refractivity contribution in [1.29, 1.82) is 0 Å². The monoisotopic (exact) mass is 366 g/mol. The third-order valence-electron chi connectivity index (χ3n) is 6.19. The highest BCUT2D eigenvalue weighted by molar-refractivity contribution is 6.35. The van der Waals surface area contributed by atoms with Gasteiger partial charge in [0.25, 0.3) is 0 Å². The summed E-state index contributed by atoms with van der Waals surface area (Å²) in [5, 5.41) is 7.58. The van der Waals surface area contributed by atoms with Gasteiger partial charge in [-0.05, 0) is 80.9 Å². The van der Waals surface area contributed by atoms with Gasteiger partial charge in [-0.1, -0.05) is 29.3 Å². The Morgan fingerprint density at radius 3 is 2.25 bits per heavy atom. The van der Waals surface area contributed by atoms with E-state index in [1.165, 1.54) is 19.3 Å². The zero-order valence-electron chi connectivity index (χ0n) is 13.9. The molecule has 1 aromatic carbocycles.